The molecule has 5 nitrogen and oxygen atoms in total. The van der Waals surface area contributed by atoms with Gasteiger partial charge in [0.15, 0.2) is 17.6 Å². The molecule has 22 heavy (non-hydrogen) atoms. The fourth-order valence-corrected chi connectivity index (χ4v) is 2.51. The topological polar surface area (TPSA) is 60.5 Å². The maximum Gasteiger partial charge on any atom is 0.217 e. The molecule has 0 aliphatic carbocycles. The number of rotatable bonds is 4. The number of amides is 1. The number of hydrogen-bond donors (Lipinski definition) is 1. The van der Waals surface area contributed by atoms with Gasteiger partial charge in [0.05, 0.1) is 6.04 Å². The van der Waals surface area contributed by atoms with E-state index in [4.69, 9.17) is 9.47 Å². The number of hydrogen-bond acceptors (Lipinski definition) is 4. The quantitative estimate of drug-likeness (QED) is 0.937. The van der Waals surface area contributed by atoms with Crippen LogP contribution in [0, 0.1) is 0 Å². The fourth-order valence-electron chi connectivity index (χ4n) is 2.51. The number of nitrogens with zero attached hydrogens (tertiary/aromatic N) is 1. The van der Waals surface area contributed by atoms with E-state index in [9.17, 15) is 4.79 Å². The Morgan fingerprint density at radius 3 is 2.77 bits per heavy atom. The minimum atomic E-state index is -0.249. The summed E-state index contributed by atoms with van der Waals surface area (Å²) in [6.45, 7) is 1.90. The summed E-state index contributed by atoms with van der Waals surface area (Å²) in [6, 6.07) is 13.1. The predicted octanol–water partition coefficient (Wildman–Crippen LogP) is 1.97. The number of pyridine rings is 1. The molecule has 0 fully saturated rings. The minimum Gasteiger partial charge on any atom is -0.486 e. The van der Waals surface area contributed by atoms with Gasteiger partial charge in [-0.15, -0.1) is 0 Å². The summed E-state index contributed by atoms with van der Waals surface area (Å²) in [5.74, 6) is 1.34. The van der Waals surface area contributed by atoms with Crippen molar-refractivity contribution in [2.24, 2.45) is 0 Å². The van der Waals surface area contributed by atoms with E-state index in [1.807, 2.05) is 42.5 Å². The molecule has 0 spiro atoms. The van der Waals surface area contributed by atoms with Crippen LogP contribution in [-0.2, 0) is 11.2 Å². The van der Waals surface area contributed by atoms with E-state index in [1.54, 1.807) is 6.20 Å². The van der Waals surface area contributed by atoms with Crippen LogP contribution in [0.2, 0.25) is 0 Å². The average molecular weight is 298 g/mol. The van der Waals surface area contributed by atoms with E-state index in [0.717, 1.165) is 11.4 Å². The third-order valence-corrected chi connectivity index (χ3v) is 3.52. The van der Waals surface area contributed by atoms with Gasteiger partial charge in [-0.1, -0.05) is 18.2 Å². The molecule has 3 rings (SSSR count). The molecule has 0 bridgehead atoms. The Morgan fingerprint density at radius 2 is 2.05 bits per heavy atom. The number of carbonyl (C=O) groups excluding carboxylic acids is 1. The lowest BCUT2D eigenvalue weighted by Crippen LogP contribution is -2.50. The molecule has 1 aliphatic heterocycles. The maximum atomic E-state index is 11.5. The predicted molar refractivity (Wildman–Crippen MR) is 81.9 cm³/mol. The summed E-state index contributed by atoms with van der Waals surface area (Å²) in [5, 5.41) is 2.94. The largest absolute Gasteiger partial charge is 0.486 e. The van der Waals surface area contributed by atoms with Crippen molar-refractivity contribution in [3.63, 3.8) is 0 Å². The van der Waals surface area contributed by atoms with Gasteiger partial charge >= 0.3 is 0 Å². The zero-order valence-corrected chi connectivity index (χ0v) is 12.4. The van der Waals surface area contributed by atoms with Gasteiger partial charge in [0, 0.05) is 25.2 Å². The lowest BCUT2D eigenvalue weighted by Gasteiger charge is -2.32. The average Bonchev–Trinajstić information content (AvgIpc) is 2.54. The highest BCUT2D eigenvalue weighted by molar-refractivity contribution is 5.73. The van der Waals surface area contributed by atoms with Gasteiger partial charge in [0.25, 0.3) is 0 Å². The number of para-hydroxylation sites is 2. The van der Waals surface area contributed by atoms with Gasteiger partial charge in [-0.05, 0) is 24.3 Å². The van der Waals surface area contributed by atoms with E-state index in [-0.39, 0.29) is 18.1 Å². The van der Waals surface area contributed by atoms with Crippen molar-refractivity contribution in [3.8, 4) is 11.5 Å². The molecule has 1 amide bonds. The zero-order chi connectivity index (χ0) is 15.4. The number of nitrogens with one attached hydrogen (secondary N) is 1. The molecule has 0 radical (unpaired) electrons. The molecule has 2 unspecified atom stereocenters. The van der Waals surface area contributed by atoms with Crippen LogP contribution in [0.5, 0.6) is 11.5 Å². The first-order valence-electron chi connectivity index (χ1n) is 7.28. The molecule has 1 aromatic heterocycles. The van der Waals surface area contributed by atoms with Crippen LogP contribution < -0.4 is 14.8 Å². The third-order valence-electron chi connectivity index (χ3n) is 3.52. The molecule has 2 heterocycles. The molecule has 1 N–H and O–H groups in total. The van der Waals surface area contributed by atoms with Crippen LogP contribution in [0.3, 0.4) is 0 Å². The Kier molecular flexibility index (Phi) is 4.23. The van der Waals surface area contributed by atoms with Crippen LogP contribution in [0.25, 0.3) is 0 Å². The van der Waals surface area contributed by atoms with E-state index in [1.165, 1.54) is 6.92 Å². The Hall–Kier alpha value is -2.56. The van der Waals surface area contributed by atoms with Gasteiger partial charge < -0.3 is 14.8 Å². The highest BCUT2D eigenvalue weighted by atomic mass is 16.6. The van der Waals surface area contributed by atoms with Gasteiger partial charge in [-0.2, -0.15) is 0 Å². The summed E-state index contributed by atoms with van der Waals surface area (Å²) in [5.41, 5.74) is 0.906. The first-order chi connectivity index (χ1) is 10.7. The normalized spacial score (nSPS) is 17.6. The van der Waals surface area contributed by atoms with Gasteiger partial charge in [0.2, 0.25) is 5.91 Å². The van der Waals surface area contributed by atoms with Gasteiger partial charge in [-0.3, -0.25) is 9.78 Å². The number of benzene rings is 1. The molecule has 2 aromatic rings. The molecular weight excluding hydrogens is 280 g/mol. The van der Waals surface area contributed by atoms with Crippen molar-refractivity contribution in [1.29, 1.82) is 0 Å². The summed E-state index contributed by atoms with van der Waals surface area (Å²) in [7, 11) is 0. The summed E-state index contributed by atoms with van der Waals surface area (Å²) in [4.78, 5) is 15.8. The lowest BCUT2D eigenvalue weighted by molar-refractivity contribution is -0.120. The summed E-state index contributed by atoms with van der Waals surface area (Å²) in [6.07, 6.45) is 2.09. The van der Waals surface area contributed by atoms with Crippen molar-refractivity contribution >= 4 is 5.91 Å². The molecule has 5 heteroatoms. The number of aromatic nitrogens is 1. The van der Waals surface area contributed by atoms with Gasteiger partial charge in [-0.25, -0.2) is 0 Å². The third kappa shape index (κ3) is 3.36. The second-order valence-electron chi connectivity index (χ2n) is 5.25. The Bertz CT molecular complexity index is 645. The highest BCUT2D eigenvalue weighted by Gasteiger charge is 2.30. The summed E-state index contributed by atoms with van der Waals surface area (Å²) < 4.78 is 11.7. The van der Waals surface area contributed by atoms with Crippen molar-refractivity contribution < 1.29 is 14.3 Å². The number of fused-ring (bicyclic) bond motifs is 1. The molecule has 2 atom stereocenters. The molecule has 0 saturated carbocycles. The molecule has 0 saturated heterocycles. The van der Waals surface area contributed by atoms with E-state index in [0.29, 0.717) is 18.8 Å². The number of ether oxygens (including phenoxy) is 2. The highest BCUT2D eigenvalue weighted by Crippen LogP contribution is 2.31. The van der Waals surface area contributed by atoms with Crippen LogP contribution >= 0.6 is 0 Å². The Labute approximate surface area is 129 Å². The fraction of sp³-hybridized carbons (Fsp3) is 0.294. The zero-order valence-electron chi connectivity index (χ0n) is 12.4. The second-order valence-corrected chi connectivity index (χ2v) is 5.25. The first-order valence-corrected chi connectivity index (χ1v) is 7.28. The van der Waals surface area contributed by atoms with Crippen LogP contribution in [0.1, 0.15) is 12.6 Å². The monoisotopic (exact) mass is 298 g/mol. The second kappa shape index (κ2) is 6.47. The Balaban J connectivity index is 1.77. The van der Waals surface area contributed by atoms with Crippen molar-refractivity contribution in [3.05, 3.63) is 54.4 Å². The smallest absolute Gasteiger partial charge is 0.217 e. The van der Waals surface area contributed by atoms with E-state index < -0.39 is 0 Å². The van der Waals surface area contributed by atoms with Crippen molar-refractivity contribution in [2.75, 3.05) is 6.61 Å². The molecule has 1 aliphatic rings. The van der Waals surface area contributed by atoms with Crippen molar-refractivity contribution in [1.82, 2.24) is 10.3 Å². The first kappa shape index (κ1) is 14.4. The molecular formula is C17H18N2O3. The Morgan fingerprint density at radius 1 is 1.27 bits per heavy atom. The van der Waals surface area contributed by atoms with Crippen LogP contribution in [0.15, 0.2) is 48.7 Å². The molecule has 1 aromatic carbocycles. The van der Waals surface area contributed by atoms with Crippen LogP contribution in [0.4, 0.5) is 0 Å². The SMILES string of the molecule is CC(=O)NC(Cc1ccccn1)C1COc2ccccc2O1. The van der Waals surface area contributed by atoms with Crippen LogP contribution in [-0.4, -0.2) is 29.6 Å². The van der Waals surface area contributed by atoms with E-state index >= 15 is 0 Å². The maximum absolute atomic E-state index is 11.5. The summed E-state index contributed by atoms with van der Waals surface area (Å²) >= 11 is 0. The van der Waals surface area contributed by atoms with Gasteiger partial charge in [0.1, 0.15) is 6.61 Å². The standard InChI is InChI=1S/C17H18N2O3/c1-12(20)19-14(10-13-6-4-5-9-18-13)17-11-21-15-7-2-3-8-16(15)22-17/h2-9,14,17H,10-11H2,1H3,(H,19,20). The number of carbonyl (C=O) groups is 1. The van der Waals surface area contributed by atoms with E-state index in [2.05, 4.69) is 10.3 Å². The van der Waals surface area contributed by atoms with Crippen molar-refractivity contribution in [2.45, 2.75) is 25.5 Å². The minimum absolute atomic E-state index is 0.0941. The lowest BCUT2D eigenvalue weighted by atomic mass is 10.0. The molecule has 114 valence electrons.